The molecule has 0 saturated carbocycles. The van der Waals surface area contributed by atoms with E-state index in [2.05, 4.69) is 4.84 Å². The van der Waals surface area contributed by atoms with E-state index in [1.807, 2.05) is 19.9 Å². The summed E-state index contributed by atoms with van der Waals surface area (Å²) in [4.78, 5) is 4.57. The number of hydrogen-bond acceptors (Lipinski definition) is 3. The van der Waals surface area contributed by atoms with Crippen molar-refractivity contribution in [3.63, 3.8) is 0 Å². The quantitative estimate of drug-likeness (QED) is 0.697. The van der Waals surface area contributed by atoms with Gasteiger partial charge in [-0.15, -0.1) is 0 Å². The maximum atomic E-state index is 9.51. The lowest BCUT2D eigenvalue weighted by Crippen LogP contribution is -2.01. The third-order valence-corrected chi connectivity index (χ3v) is 2.16. The van der Waals surface area contributed by atoms with Crippen LogP contribution in [-0.4, -0.2) is 5.11 Å². The van der Waals surface area contributed by atoms with Crippen LogP contribution in [0.25, 0.3) is 0 Å². The predicted molar refractivity (Wildman–Crippen MR) is 51.2 cm³/mol. The molecule has 0 aliphatic carbocycles. The van der Waals surface area contributed by atoms with E-state index in [1.54, 1.807) is 6.07 Å². The Morgan fingerprint density at radius 3 is 2.62 bits per heavy atom. The second kappa shape index (κ2) is 4.25. The molecule has 0 heterocycles. The molecule has 0 amide bonds. The van der Waals surface area contributed by atoms with Gasteiger partial charge in [0.05, 0.1) is 6.61 Å². The van der Waals surface area contributed by atoms with E-state index in [0.29, 0.717) is 12.4 Å². The molecule has 0 aliphatic heterocycles. The lowest BCUT2D eigenvalue weighted by molar-refractivity contribution is 0.123. The van der Waals surface area contributed by atoms with Crippen LogP contribution in [0.15, 0.2) is 12.1 Å². The highest BCUT2D eigenvalue weighted by Gasteiger charge is 2.04. The van der Waals surface area contributed by atoms with Gasteiger partial charge in [0.1, 0.15) is 5.75 Å². The average molecular weight is 181 g/mol. The third kappa shape index (κ3) is 2.20. The first kappa shape index (κ1) is 10.0. The molecule has 1 rings (SSSR count). The van der Waals surface area contributed by atoms with E-state index in [9.17, 15) is 5.11 Å². The highest BCUT2D eigenvalue weighted by Crippen LogP contribution is 2.22. The normalized spacial score (nSPS) is 10.4. The minimum atomic E-state index is 0.348. The molecule has 0 atom stereocenters. The van der Waals surface area contributed by atoms with Crippen LogP contribution < -0.4 is 5.90 Å². The summed E-state index contributed by atoms with van der Waals surface area (Å²) in [7, 11) is 0. The Hall–Kier alpha value is -1.06. The molecule has 0 spiro atoms. The van der Waals surface area contributed by atoms with Crippen molar-refractivity contribution in [1.29, 1.82) is 0 Å². The van der Waals surface area contributed by atoms with Crippen molar-refractivity contribution < 1.29 is 9.94 Å². The molecule has 0 bridgehead atoms. The van der Waals surface area contributed by atoms with Gasteiger partial charge in [0.25, 0.3) is 0 Å². The second-order valence-corrected chi connectivity index (χ2v) is 3.07. The van der Waals surface area contributed by atoms with Gasteiger partial charge in [0.15, 0.2) is 0 Å². The molecule has 0 radical (unpaired) electrons. The zero-order valence-electron chi connectivity index (χ0n) is 8.00. The Balaban J connectivity index is 3.06. The van der Waals surface area contributed by atoms with Gasteiger partial charge in [-0.3, -0.25) is 4.84 Å². The van der Waals surface area contributed by atoms with E-state index in [4.69, 9.17) is 5.90 Å². The summed E-state index contributed by atoms with van der Waals surface area (Å²) in [6.45, 7) is 4.31. The number of phenolic OH excluding ortho intramolecular Hbond substituents is 1. The van der Waals surface area contributed by atoms with E-state index in [-0.39, 0.29) is 0 Å². The van der Waals surface area contributed by atoms with Crippen LogP contribution in [0, 0.1) is 6.92 Å². The Bertz CT molecular complexity index is 297. The van der Waals surface area contributed by atoms with Crippen molar-refractivity contribution >= 4 is 0 Å². The smallest absolute Gasteiger partial charge is 0.119 e. The largest absolute Gasteiger partial charge is 0.508 e. The van der Waals surface area contributed by atoms with Gasteiger partial charge in [-0.25, -0.2) is 5.90 Å². The number of aromatic hydroxyl groups is 1. The topological polar surface area (TPSA) is 55.5 Å². The van der Waals surface area contributed by atoms with Gasteiger partial charge in [-0.1, -0.05) is 6.92 Å². The summed E-state index contributed by atoms with van der Waals surface area (Å²) in [6, 6.07) is 3.67. The lowest BCUT2D eigenvalue weighted by atomic mass is 10.0. The molecular formula is C10H15NO2. The van der Waals surface area contributed by atoms with Gasteiger partial charge in [0, 0.05) is 0 Å². The zero-order chi connectivity index (χ0) is 9.84. The van der Waals surface area contributed by atoms with E-state index in [1.165, 1.54) is 0 Å². The molecule has 0 saturated heterocycles. The van der Waals surface area contributed by atoms with Crippen LogP contribution in [0.5, 0.6) is 5.75 Å². The minimum absolute atomic E-state index is 0.348. The number of rotatable bonds is 3. The molecule has 3 N–H and O–H groups in total. The fourth-order valence-corrected chi connectivity index (χ4v) is 1.32. The first-order chi connectivity index (χ1) is 6.19. The fraction of sp³-hybridized carbons (Fsp3) is 0.400. The predicted octanol–water partition coefficient (Wildman–Crippen LogP) is 1.65. The molecule has 0 unspecified atom stereocenters. The van der Waals surface area contributed by atoms with E-state index >= 15 is 0 Å². The van der Waals surface area contributed by atoms with Crippen LogP contribution in [0.1, 0.15) is 23.6 Å². The van der Waals surface area contributed by atoms with Gasteiger partial charge in [-0.2, -0.15) is 0 Å². The van der Waals surface area contributed by atoms with Crippen molar-refractivity contribution in [3.8, 4) is 5.75 Å². The van der Waals surface area contributed by atoms with Crippen molar-refractivity contribution in [2.24, 2.45) is 5.90 Å². The number of aryl methyl sites for hydroxylation is 2. The summed E-state index contributed by atoms with van der Waals surface area (Å²) in [5.74, 6) is 5.34. The van der Waals surface area contributed by atoms with Crippen LogP contribution in [0.3, 0.4) is 0 Å². The van der Waals surface area contributed by atoms with Crippen molar-refractivity contribution in [1.82, 2.24) is 0 Å². The number of hydrogen-bond donors (Lipinski definition) is 2. The van der Waals surface area contributed by atoms with Gasteiger partial charge in [0.2, 0.25) is 0 Å². The molecule has 0 fully saturated rings. The maximum absolute atomic E-state index is 9.51. The Labute approximate surface area is 78.1 Å². The van der Waals surface area contributed by atoms with Crippen molar-refractivity contribution in [2.75, 3.05) is 0 Å². The van der Waals surface area contributed by atoms with Crippen LogP contribution in [0.2, 0.25) is 0 Å². The van der Waals surface area contributed by atoms with Gasteiger partial charge >= 0.3 is 0 Å². The second-order valence-electron chi connectivity index (χ2n) is 3.07. The fourth-order valence-electron chi connectivity index (χ4n) is 1.32. The molecule has 72 valence electrons. The first-order valence-electron chi connectivity index (χ1n) is 4.32. The molecule has 13 heavy (non-hydrogen) atoms. The minimum Gasteiger partial charge on any atom is -0.508 e. The van der Waals surface area contributed by atoms with Gasteiger partial charge < -0.3 is 5.11 Å². The number of nitrogens with two attached hydrogens (primary N) is 1. The maximum Gasteiger partial charge on any atom is 0.119 e. The van der Waals surface area contributed by atoms with Gasteiger partial charge in [-0.05, 0) is 42.2 Å². The van der Waals surface area contributed by atoms with Crippen LogP contribution in [0.4, 0.5) is 0 Å². The Morgan fingerprint density at radius 1 is 1.38 bits per heavy atom. The zero-order valence-corrected chi connectivity index (χ0v) is 8.00. The Morgan fingerprint density at radius 2 is 2.08 bits per heavy atom. The molecule has 1 aromatic rings. The SMILES string of the molecule is CCc1cc(CON)c(C)cc1O. The van der Waals surface area contributed by atoms with Crippen molar-refractivity contribution in [3.05, 3.63) is 28.8 Å². The van der Waals surface area contributed by atoms with E-state index < -0.39 is 0 Å². The van der Waals surface area contributed by atoms with Crippen molar-refractivity contribution in [2.45, 2.75) is 26.9 Å². The van der Waals surface area contributed by atoms with Crippen LogP contribution in [-0.2, 0) is 17.9 Å². The molecule has 3 heteroatoms. The highest BCUT2D eigenvalue weighted by molar-refractivity contribution is 5.41. The lowest BCUT2D eigenvalue weighted by Gasteiger charge is -2.08. The molecule has 0 aromatic heterocycles. The third-order valence-electron chi connectivity index (χ3n) is 2.16. The summed E-state index contributed by atoms with van der Waals surface area (Å²) < 4.78 is 0. The molecule has 1 aromatic carbocycles. The average Bonchev–Trinajstić information content (AvgIpc) is 2.10. The monoisotopic (exact) mass is 181 g/mol. The summed E-state index contributed by atoms with van der Waals surface area (Å²) >= 11 is 0. The molecule has 3 nitrogen and oxygen atoms in total. The van der Waals surface area contributed by atoms with Crippen LogP contribution >= 0.6 is 0 Å². The molecule has 0 aliphatic rings. The standard InChI is InChI=1S/C10H15NO2/c1-3-8-5-9(6-13-11)7(2)4-10(8)12/h4-5,12H,3,6,11H2,1-2H3. The van der Waals surface area contributed by atoms with E-state index in [0.717, 1.165) is 23.1 Å². The highest BCUT2D eigenvalue weighted by atomic mass is 16.6. The first-order valence-corrected chi connectivity index (χ1v) is 4.32. The summed E-state index contributed by atoms with van der Waals surface area (Å²) in [5, 5.41) is 9.51. The number of benzene rings is 1. The summed E-state index contributed by atoms with van der Waals surface area (Å²) in [6.07, 6.45) is 0.809. The Kier molecular flexibility index (Phi) is 3.28. The summed E-state index contributed by atoms with van der Waals surface area (Å²) in [5.41, 5.74) is 2.95. The number of phenols is 1. The molecular weight excluding hydrogens is 166 g/mol.